The van der Waals surface area contributed by atoms with Crippen LogP contribution in [0, 0.1) is 0 Å². The number of para-hydroxylation sites is 1. The van der Waals surface area contributed by atoms with E-state index in [0.29, 0.717) is 23.2 Å². The molecule has 2 aromatic rings. The maximum absolute atomic E-state index is 10.4. The Labute approximate surface area is 98.2 Å². The summed E-state index contributed by atoms with van der Waals surface area (Å²) >= 11 is 0. The molecule has 17 heavy (non-hydrogen) atoms. The van der Waals surface area contributed by atoms with Crippen LogP contribution in [0.5, 0.6) is 11.5 Å². The quantitative estimate of drug-likeness (QED) is 0.707. The molecule has 0 atom stereocenters. The lowest BCUT2D eigenvalue weighted by Crippen LogP contribution is -1.93. The summed E-state index contributed by atoms with van der Waals surface area (Å²) < 4.78 is 0. The van der Waals surface area contributed by atoms with E-state index < -0.39 is 0 Å². The van der Waals surface area contributed by atoms with Crippen LogP contribution in [0.4, 0.5) is 5.69 Å². The van der Waals surface area contributed by atoms with E-state index in [0.717, 1.165) is 0 Å². The second-order valence-corrected chi connectivity index (χ2v) is 3.55. The molecule has 2 rings (SSSR count). The monoisotopic (exact) mass is 229 g/mol. The van der Waals surface area contributed by atoms with Crippen molar-refractivity contribution in [3.8, 4) is 22.6 Å². The summed E-state index contributed by atoms with van der Waals surface area (Å²) in [7, 11) is 0. The molecule has 1 amide bonds. The van der Waals surface area contributed by atoms with Gasteiger partial charge in [0.1, 0.15) is 11.5 Å². The summed E-state index contributed by atoms with van der Waals surface area (Å²) in [5.74, 6) is 0.144. The number of aromatic hydroxyl groups is 2. The van der Waals surface area contributed by atoms with Crippen LogP contribution in [-0.4, -0.2) is 16.6 Å². The van der Waals surface area contributed by atoms with E-state index in [-0.39, 0.29) is 11.5 Å². The van der Waals surface area contributed by atoms with Crippen molar-refractivity contribution in [3.05, 3.63) is 42.5 Å². The second kappa shape index (κ2) is 4.57. The molecule has 0 saturated carbocycles. The fraction of sp³-hybridized carbons (Fsp3) is 0. The molecular weight excluding hydrogens is 218 g/mol. The van der Waals surface area contributed by atoms with Gasteiger partial charge in [-0.3, -0.25) is 4.79 Å². The number of hydrogen-bond acceptors (Lipinski definition) is 3. The molecule has 2 aromatic carbocycles. The van der Waals surface area contributed by atoms with Crippen molar-refractivity contribution in [1.29, 1.82) is 0 Å². The number of carbonyl (C=O) groups is 1. The van der Waals surface area contributed by atoms with Crippen LogP contribution in [0.25, 0.3) is 11.1 Å². The van der Waals surface area contributed by atoms with Gasteiger partial charge in [0, 0.05) is 17.3 Å². The summed E-state index contributed by atoms with van der Waals surface area (Å²) in [6.45, 7) is 0. The van der Waals surface area contributed by atoms with Gasteiger partial charge in [-0.05, 0) is 23.8 Å². The van der Waals surface area contributed by atoms with E-state index in [1.54, 1.807) is 30.3 Å². The van der Waals surface area contributed by atoms with Crippen molar-refractivity contribution in [2.24, 2.45) is 0 Å². The van der Waals surface area contributed by atoms with Gasteiger partial charge in [0.25, 0.3) is 0 Å². The van der Waals surface area contributed by atoms with Crippen LogP contribution in [-0.2, 0) is 4.79 Å². The van der Waals surface area contributed by atoms with Crippen molar-refractivity contribution < 1.29 is 15.0 Å². The van der Waals surface area contributed by atoms with Crippen molar-refractivity contribution in [2.75, 3.05) is 5.32 Å². The molecule has 0 aliphatic carbocycles. The third-order valence-electron chi connectivity index (χ3n) is 2.36. The van der Waals surface area contributed by atoms with Crippen LogP contribution < -0.4 is 5.32 Å². The third kappa shape index (κ3) is 2.36. The number of phenols is 2. The highest BCUT2D eigenvalue weighted by Crippen LogP contribution is 2.33. The van der Waals surface area contributed by atoms with E-state index in [1.807, 2.05) is 0 Å². The minimum absolute atomic E-state index is 0.0232. The largest absolute Gasteiger partial charge is 0.508 e. The van der Waals surface area contributed by atoms with Crippen LogP contribution in [0.3, 0.4) is 0 Å². The Kier molecular flexibility index (Phi) is 2.96. The van der Waals surface area contributed by atoms with Crippen molar-refractivity contribution >= 4 is 12.1 Å². The number of phenolic OH excluding ortho intramolecular Hbond substituents is 2. The van der Waals surface area contributed by atoms with E-state index >= 15 is 0 Å². The summed E-state index contributed by atoms with van der Waals surface area (Å²) in [4.78, 5) is 10.4. The standard InChI is InChI=1S/C13H11NO3/c15-8-14-10-5-9(6-11(16)7-10)12-3-1-2-4-13(12)17/h1-8,16-17H,(H,14,15). The van der Waals surface area contributed by atoms with Crippen LogP contribution in [0.1, 0.15) is 0 Å². The number of amides is 1. The van der Waals surface area contributed by atoms with Crippen LogP contribution >= 0.6 is 0 Å². The zero-order valence-corrected chi connectivity index (χ0v) is 8.92. The van der Waals surface area contributed by atoms with Gasteiger partial charge in [0.05, 0.1) is 0 Å². The molecule has 0 aromatic heterocycles. The molecule has 4 heteroatoms. The van der Waals surface area contributed by atoms with Gasteiger partial charge in [0.15, 0.2) is 0 Å². The summed E-state index contributed by atoms with van der Waals surface area (Å²) in [6.07, 6.45) is 0.531. The lowest BCUT2D eigenvalue weighted by molar-refractivity contribution is -0.105. The van der Waals surface area contributed by atoms with Crippen molar-refractivity contribution in [3.63, 3.8) is 0 Å². The Bertz CT molecular complexity index is 552. The van der Waals surface area contributed by atoms with Gasteiger partial charge >= 0.3 is 0 Å². The Morgan fingerprint density at radius 2 is 1.82 bits per heavy atom. The zero-order chi connectivity index (χ0) is 12.3. The molecule has 3 N–H and O–H groups in total. The Hall–Kier alpha value is -2.49. The van der Waals surface area contributed by atoms with Gasteiger partial charge in [-0.2, -0.15) is 0 Å². The van der Waals surface area contributed by atoms with E-state index in [4.69, 9.17) is 0 Å². The van der Waals surface area contributed by atoms with Gasteiger partial charge in [0.2, 0.25) is 6.41 Å². The molecule has 0 aliphatic rings. The predicted molar refractivity (Wildman–Crippen MR) is 64.9 cm³/mol. The third-order valence-corrected chi connectivity index (χ3v) is 2.36. The summed E-state index contributed by atoms with van der Waals surface area (Å²) in [5.41, 5.74) is 1.70. The number of carbonyl (C=O) groups excluding carboxylic acids is 1. The fourth-order valence-corrected chi connectivity index (χ4v) is 1.64. The number of rotatable bonds is 3. The highest BCUT2D eigenvalue weighted by atomic mass is 16.3. The molecule has 4 nitrogen and oxygen atoms in total. The Morgan fingerprint density at radius 1 is 1.06 bits per heavy atom. The number of nitrogens with one attached hydrogen (secondary N) is 1. The average Bonchev–Trinajstić information content (AvgIpc) is 2.29. The molecule has 0 bridgehead atoms. The molecule has 0 radical (unpaired) electrons. The average molecular weight is 229 g/mol. The molecule has 0 spiro atoms. The van der Waals surface area contributed by atoms with Gasteiger partial charge in [-0.1, -0.05) is 18.2 Å². The highest BCUT2D eigenvalue weighted by Gasteiger charge is 2.06. The Balaban J connectivity index is 2.52. The number of hydrogen-bond donors (Lipinski definition) is 3. The first-order chi connectivity index (χ1) is 8.20. The summed E-state index contributed by atoms with van der Waals surface area (Å²) in [5, 5.41) is 21.7. The fourth-order valence-electron chi connectivity index (χ4n) is 1.64. The number of anilines is 1. The summed E-state index contributed by atoms with van der Waals surface area (Å²) in [6, 6.07) is 11.4. The normalized spacial score (nSPS) is 9.88. The van der Waals surface area contributed by atoms with Crippen LogP contribution in [0.2, 0.25) is 0 Å². The lowest BCUT2D eigenvalue weighted by Gasteiger charge is -2.07. The van der Waals surface area contributed by atoms with E-state index in [9.17, 15) is 15.0 Å². The SMILES string of the molecule is O=CNc1cc(O)cc(-c2ccccc2O)c1. The smallest absolute Gasteiger partial charge is 0.211 e. The molecule has 0 heterocycles. The second-order valence-electron chi connectivity index (χ2n) is 3.55. The number of benzene rings is 2. The molecular formula is C13H11NO3. The Morgan fingerprint density at radius 3 is 2.53 bits per heavy atom. The van der Waals surface area contributed by atoms with Gasteiger partial charge in [-0.25, -0.2) is 0 Å². The lowest BCUT2D eigenvalue weighted by atomic mass is 10.0. The first-order valence-electron chi connectivity index (χ1n) is 5.03. The minimum Gasteiger partial charge on any atom is -0.508 e. The van der Waals surface area contributed by atoms with Gasteiger partial charge < -0.3 is 15.5 Å². The first kappa shape index (κ1) is 11.0. The maximum Gasteiger partial charge on any atom is 0.211 e. The van der Waals surface area contributed by atoms with E-state index in [1.165, 1.54) is 12.1 Å². The molecule has 0 fully saturated rings. The predicted octanol–water partition coefficient (Wildman–Crippen LogP) is 2.33. The topological polar surface area (TPSA) is 69.6 Å². The van der Waals surface area contributed by atoms with E-state index in [2.05, 4.69) is 5.32 Å². The van der Waals surface area contributed by atoms with Crippen molar-refractivity contribution in [1.82, 2.24) is 0 Å². The minimum atomic E-state index is 0.0232. The van der Waals surface area contributed by atoms with Crippen LogP contribution in [0.15, 0.2) is 42.5 Å². The maximum atomic E-state index is 10.4. The molecule has 0 saturated heterocycles. The highest BCUT2D eigenvalue weighted by molar-refractivity contribution is 5.79. The first-order valence-corrected chi connectivity index (χ1v) is 5.03. The zero-order valence-electron chi connectivity index (χ0n) is 8.92. The molecule has 0 unspecified atom stereocenters. The molecule has 0 aliphatic heterocycles. The van der Waals surface area contributed by atoms with Gasteiger partial charge in [-0.15, -0.1) is 0 Å². The van der Waals surface area contributed by atoms with Crippen molar-refractivity contribution in [2.45, 2.75) is 0 Å². The molecule has 86 valence electrons.